The molecule has 1 fully saturated rings. The smallest absolute Gasteiger partial charge is 0.119 e. The fourth-order valence-electron chi connectivity index (χ4n) is 3.90. The molecule has 1 aliphatic rings. The van der Waals surface area contributed by atoms with E-state index < -0.39 is 0 Å². The highest BCUT2D eigenvalue weighted by Gasteiger charge is 2.20. The van der Waals surface area contributed by atoms with Crippen LogP contribution in [-0.4, -0.2) is 18.7 Å². The van der Waals surface area contributed by atoms with Gasteiger partial charge in [0.1, 0.15) is 5.75 Å². The number of aromatic nitrogens is 1. The lowest BCUT2D eigenvalue weighted by molar-refractivity contribution is 0.0127. The van der Waals surface area contributed by atoms with Crippen LogP contribution in [0, 0.1) is 13.8 Å². The van der Waals surface area contributed by atoms with Gasteiger partial charge in [0.05, 0.1) is 13.2 Å². The van der Waals surface area contributed by atoms with Crippen LogP contribution in [0.15, 0.2) is 36.4 Å². The lowest BCUT2D eigenvalue weighted by atomic mass is 9.93. The van der Waals surface area contributed by atoms with Crippen LogP contribution in [0.5, 0.6) is 5.75 Å². The van der Waals surface area contributed by atoms with Crippen molar-refractivity contribution in [1.82, 2.24) is 4.98 Å². The molecule has 0 saturated carbocycles. The first-order chi connectivity index (χ1) is 12.2. The number of aryl methyl sites for hydroxylation is 2. The Kier molecular flexibility index (Phi) is 4.26. The molecule has 1 aromatic heterocycles. The summed E-state index contributed by atoms with van der Waals surface area (Å²) in [6, 6.07) is 13.0. The van der Waals surface area contributed by atoms with Gasteiger partial charge in [-0.3, -0.25) is 0 Å². The molecule has 0 radical (unpaired) electrons. The minimum atomic E-state index is 0.200. The molecule has 130 valence electrons. The number of nitrogens with one attached hydrogen (secondary N) is 1. The number of methoxy groups -OCH3 is 1. The number of aromatic amines is 1. The Bertz CT molecular complexity index is 904. The molecule has 3 aromatic rings. The van der Waals surface area contributed by atoms with Gasteiger partial charge in [-0.05, 0) is 79.6 Å². The largest absolute Gasteiger partial charge is 0.497 e. The average molecular weight is 335 g/mol. The summed E-state index contributed by atoms with van der Waals surface area (Å²) in [5.74, 6) is 0.899. The van der Waals surface area contributed by atoms with Gasteiger partial charge in [0.15, 0.2) is 0 Å². The van der Waals surface area contributed by atoms with E-state index in [0.717, 1.165) is 18.8 Å². The summed E-state index contributed by atoms with van der Waals surface area (Å²) >= 11 is 0. The summed E-state index contributed by atoms with van der Waals surface area (Å²) in [4.78, 5) is 3.59. The van der Waals surface area contributed by atoms with Crippen LogP contribution in [0.1, 0.15) is 42.2 Å². The van der Waals surface area contributed by atoms with E-state index in [2.05, 4.69) is 49.2 Å². The van der Waals surface area contributed by atoms with Crippen molar-refractivity contribution in [2.75, 3.05) is 13.7 Å². The Morgan fingerprint density at radius 3 is 2.64 bits per heavy atom. The molecule has 1 unspecified atom stereocenters. The standard InChI is InChI=1S/C22H25NO2/c1-14-7-10-19-18(13-20(23-19)21-6-4-5-11-25-21)22(14)17-9-8-16(24-3)12-15(17)2/h7-10,12-13,21,23H,4-6,11H2,1-3H3. The maximum atomic E-state index is 5.98. The minimum absolute atomic E-state index is 0.200. The maximum Gasteiger partial charge on any atom is 0.119 e. The summed E-state index contributed by atoms with van der Waals surface area (Å²) in [5, 5.41) is 1.28. The zero-order valence-corrected chi connectivity index (χ0v) is 15.2. The van der Waals surface area contributed by atoms with E-state index in [4.69, 9.17) is 9.47 Å². The van der Waals surface area contributed by atoms with Crippen LogP contribution in [0.3, 0.4) is 0 Å². The Labute approximate surface area is 149 Å². The van der Waals surface area contributed by atoms with Gasteiger partial charge in [-0.2, -0.15) is 0 Å². The molecule has 2 aromatic carbocycles. The van der Waals surface area contributed by atoms with E-state index in [1.165, 1.54) is 51.7 Å². The molecule has 0 spiro atoms. The predicted molar refractivity (Wildman–Crippen MR) is 102 cm³/mol. The zero-order chi connectivity index (χ0) is 17.4. The highest BCUT2D eigenvalue weighted by Crippen LogP contribution is 2.38. The van der Waals surface area contributed by atoms with Crippen molar-refractivity contribution >= 4 is 10.9 Å². The molecule has 2 heterocycles. The van der Waals surface area contributed by atoms with Gasteiger partial charge >= 0.3 is 0 Å². The third kappa shape index (κ3) is 2.93. The minimum Gasteiger partial charge on any atom is -0.497 e. The van der Waals surface area contributed by atoms with Crippen molar-refractivity contribution in [3.05, 3.63) is 53.2 Å². The first-order valence-corrected chi connectivity index (χ1v) is 9.06. The van der Waals surface area contributed by atoms with Crippen LogP contribution in [0.4, 0.5) is 0 Å². The lowest BCUT2D eigenvalue weighted by Gasteiger charge is -2.21. The summed E-state index contributed by atoms with van der Waals surface area (Å²) in [7, 11) is 1.71. The first-order valence-electron chi connectivity index (χ1n) is 9.06. The third-order valence-corrected chi connectivity index (χ3v) is 5.26. The van der Waals surface area contributed by atoms with E-state index in [0.29, 0.717) is 0 Å². The summed E-state index contributed by atoms with van der Waals surface area (Å²) in [6.07, 6.45) is 3.71. The monoisotopic (exact) mass is 335 g/mol. The molecule has 1 saturated heterocycles. The van der Waals surface area contributed by atoms with E-state index in [9.17, 15) is 0 Å². The van der Waals surface area contributed by atoms with Crippen molar-refractivity contribution in [3.63, 3.8) is 0 Å². The topological polar surface area (TPSA) is 34.2 Å². The van der Waals surface area contributed by atoms with Gasteiger partial charge < -0.3 is 14.5 Å². The molecule has 0 bridgehead atoms. The molecule has 3 heteroatoms. The Hall–Kier alpha value is -2.26. The Balaban J connectivity index is 1.85. The quantitative estimate of drug-likeness (QED) is 0.666. The fourth-order valence-corrected chi connectivity index (χ4v) is 3.90. The molecular weight excluding hydrogens is 310 g/mol. The highest BCUT2D eigenvalue weighted by atomic mass is 16.5. The Morgan fingerprint density at radius 1 is 1.04 bits per heavy atom. The summed E-state index contributed by atoms with van der Waals surface area (Å²) in [5.41, 5.74) is 7.46. The van der Waals surface area contributed by atoms with Crippen LogP contribution >= 0.6 is 0 Å². The van der Waals surface area contributed by atoms with Gasteiger partial charge in [0.25, 0.3) is 0 Å². The van der Waals surface area contributed by atoms with Crippen molar-refractivity contribution in [1.29, 1.82) is 0 Å². The van der Waals surface area contributed by atoms with Crippen molar-refractivity contribution in [2.24, 2.45) is 0 Å². The van der Waals surface area contributed by atoms with E-state index in [1.54, 1.807) is 7.11 Å². The first kappa shape index (κ1) is 16.2. The van der Waals surface area contributed by atoms with Crippen LogP contribution in [-0.2, 0) is 4.74 Å². The summed E-state index contributed by atoms with van der Waals surface area (Å²) < 4.78 is 11.3. The number of benzene rings is 2. The van der Waals surface area contributed by atoms with Gasteiger partial charge in [0.2, 0.25) is 0 Å². The number of fused-ring (bicyclic) bond motifs is 1. The molecule has 1 N–H and O–H groups in total. The third-order valence-electron chi connectivity index (χ3n) is 5.26. The second-order valence-electron chi connectivity index (χ2n) is 6.98. The molecule has 0 amide bonds. The number of H-pyrrole nitrogens is 1. The second-order valence-corrected chi connectivity index (χ2v) is 6.98. The second kappa shape index (κ2) is 6.57. The number of rotatable bonds is 3. The Morgan fingerprint density at radius 2 is 1.92 bits per heavy atom. The molecule has 4 rings (SSSR count). The number of hydrogen-bond donors (Lipinski definition) is 1. The highest BCUT2D eigenvalue weighted by molar-refractivity contribution is 5.98. The molecule has 1 atom stereocenters. The van der Waals surface area contributed by atoms with Crippen molar-refractivity contribution in [3.8, 4) is 16.9 Å². The molecule has 3 nitrogen and oxygen atoms in total. The normalized spacial score (nSPS) is 17.8. The van der Waals surface area contributed by atoms with Crippen LogP contribution in [0.25, 0.3) is 22.0 Å². The molecular formula is C22H25NO2. The van der Waals surface area contributed by atoms with Crippen LogP contribution < -0.4 is 4.74 Å². The van der Waals surface area contributed by atoms with E-state index in [1.807, 2.05) is 6.07 Å². The maximum absolute atomic E-state index is 5.98. The van der Waals surface area contributed by atoms with Crippen molar-refractivity contribution in [2.45, 2.75) is 39.2 Å². The van der Waals surface area contributed by atoms with Gasteiger partial charge in [-0.25, -0.2) is 0 Å². The van der Waals surface area contributed by atoms with Gasteiger partial charge in [0, 0.05) is 23.2 Å². The number of ether oxygens (including phenoxy) is 2. The fraction of sp³-hybridized carbons (Fsp3) is 0.364. The molecule has 25 heavy (non-hydrogen) atoms. The molecule has 0 aliphatic carbocycles. The average Bonchev–Trinajstić information content (AvgIpc) is 3.07. The van der Waals surface area contributed by atoms with Gasteiger partial charge in [-0.15, -0.1) is 0 Å². The van der Waals surface area contributed by atoms with Crippen molar-refractivity contribution < 1.29 is 9.47 Å². The van der Waals surface area contributed by atoms with E-state index in [-0.39, 0.29) is 6.10 Å². The predicted octanol–water partition coefficient (Wildman–Crippen LogP) is 5.70. The number of hydrogen-bond acceptors (Lipinski definition) is 2. The summed E-state index contributed by atoms with van der Waals surface area (Å²) in [6.45, 7) is 5.19. The lowest BCUT2D eigenvalue weighted by Crippen LogP contribution is -2.11. The van der Waals surface area contributed by atoms with E-state index >= 15 is 0 Å². The molecule has 1 aliphatic heterocycles. The van der Waals surface area contributed by atoms with Gasteiger partial charge in [-0.1, -0.05) is 12.1 Å². The zero-order valence-electron chi connectivity index (χ0n) is 15.2. The SMILES string of the molecule is COc1ccc(-c2c(C)ccc3[nH]c(C4CCCCO4)cc23)c(C)c1. The van der Waals surface area contributed by atoms with Crippen LogP contribution in [0.2, 0.25) is 0 Å².